The zero-order valence-corrected chi connectivity index (χ0v) is 25.7. The van der Waals surface area contributed by atoms with E-state index in [4.69, 9.17) is 0 Å². The topological polar surface area (TPSA) is 41.6 Å². The molecule has 0 amide bonds. The van der Waals surface area contributed by atoms with Gasteiger partial charge in [0.05, 0.1) is 7.11 Å². The highest BCUT2D eigenvalue weighted by Gasteiger charge is 2.39. The fourth-order valence-corrected chi connectivity index (χ4v) is 7.30. The second kappa shape index (κ2) is 17.2. The summed E-state index contributed by atoms with van der Waals surface area (Å²) in [5, 5.41) is 3.79. The molecule has 3 aliphatic rings. The van der Waals surface area contributed by atoms with Gasteiger partial charge < -0.3 is 10.1 Å². The average Bonchev–Trinajstić information content (AvgIpc) is 3.03. The van der Waals surface area contributed by atoms with E-state index in [1.807, 2.05) is 0 Å². The van der Waals surface area contributed by atoms with Crippen LogP contribution in [0.5, 0.6) is 0 Å². The molecule has 40 heavy (non-hydrogen) atoms. The summed E-state index contributed by atoms with van der Waals surface area (Å²) in [6.45, 7) is 3.59. The number of rotatable bonds is 9. The van der Waals surface area contributed by atoms with Gasteiger partial charge in [-0.15, -0.1) is 12.4 Å². The SMILES string of the molecule is COC(=O)CCCCNC1(c2ccccc2)CCCCC1.Cl.c1ccc(C2(N3CCCCC3)CCCCC2)cc1. The van der Waals surface area contributed by atoms with Crippen LogP contribution in [0.3, 0.4) is 0 Å². The lowest BCUT2D eigenvalue weighted by molar-refractivity contribution is -0.140. The number of unbranched alkanes of at least 4 members (excludes halogenated alkanes) is 1. The van der Waals surface area contributed by atoms with Crippen molar-refractivity contribution in [2.75, 3.05) is 26.7 Å². The second-order valence-electron chi connectivity index (χ2n) is 12.0. The summed E-state index contributed by atoms with van der Waals surface area (Å²) < 4.78 is 4.68. The van der Waals surface area contributed by atoms with Crippen molar-refractivity contribution in [2.45, 2.75) is 114 Å². The van der Waals surface area contributed by atoms with Gasteiger partial charge >= 0.3 is 5.97 Å². The zero-order chi connectivity index (χ0) is 27.2. The molecule has 1 heterocycles. The molecule has 5 heteroatoms. The number of nitrogens with one attached hydrogen (secondary N) is 1. The van der Waals surface area contributed by atoms with Gasteiger partial charge in [-0.25, -0.2) is 0 Å². The highest BCUT2D eigenvalue weighted by atomic mass is 35.5. The number of likely N-dealkylation sites (tertiary alicyclic amines) is 1. The minimum absolute atomic E-state index is 0. The number of esters is 1. The first kappa shape index (κ1) is 32.6. The van der Waals surface area contributed by atoms with Crippen molar-refractivity contribution in [2.24, 2.45) is 0 Å². The molecular weight excluding hydrogens is 516 g/mol. The lowest BCUT2D eigenvalue weighted by Crippen LogP contribution is -2.49. The standard InChI is InChI=1S/C18H27NO2.C17H25N.ClH/c1-21-17(20)12-6-9-15-19-18(13-7-3-8-14-18)16-10-4-2-5-11-16;1-4-10-16(11-5-1)17(12-6-2-7-13-17)18-14-8-3-9-15-18;/h2,4-5,10-11,19H,3,6-9,12-15H2,1H3;1,4-5,10-11H,2-3,6-9,12-15H2;1H. The Kier molecular flexibility index (Phi) is 14.0. The molecule has 2 saturated carbocycles. The summed E-state index contributed by atoms with van der Waals surface area (Å²) in [6, 6.07) is 22.1. The van der Waals surface area contributed by atoms with Gasteiger partial charge in [-0.3, -0.25) is 9.69 Å². The maximum atomic E-state index is 11.1. The van der Waals surface area contributed by atoms with Crippen LogP contribution < -0.4 is 5.32 Å². The molecule has 0 spiro atoms. The Bertz CT molecular complexity index is 950. The van der Waals surface area contributed by atoms with Crippen LogP contribution in [0.1, 0.15) is 114 Å². The van der Waals surface area contributed by atoms with E-state index in [1.165, 1.54) is 109 Å². The molecule has 0 radical (unpaired) electrons. The van der Waals surface area contributed by atoms with Gasteiger partial charge in [-0.05, 0) is 82.1 Å². The Labute approximate surface area is 250 Å². The first-order valence-corrected chi connectivity index (χ1v) is 15.9. The summed E-state index contributed by atoms with van der Waals surface area (Å²) >= 11 is 0. The Morgan fingerprint density at radius 3 is 1.82 bits per heavy atom. The number of benzene rings is 2. The molecule has 1 saturated heterocycles. The van der Waals surface area contributed by atoms with Crippen molar-refractivity contribution in [3.8, 4) is 0 Å². The quantitative estimate of drug-likeness (QED) is 0.243. The summed E-state index contributed by atoms with van der Waals surface area (Å²) in [6.07, 6.45) is 20.0. The highest BCUT2D eigenvalue weighted by molar-refractivity contribution is 5.85. The maximum Gasteiger partial charge on any atom is 0.305 e. The van der Waals surface area contributed by atoms with Crippen molar-refractivity contribution in [3.05, 3.63) is 71.8 Å². The minimum atomic E-state index is -0.106. The predicted molar refractivity (Wildman–Crippen MR) is 169 cm³/mol. The fraction of sp³-hybridized carbons (Fsp3) is 0.629. The van der Waals surface area contributed by atoms with E-state index in [9.17, 15) is 4.79 Å². The van der Waals surface area contributed by atoms with Crippen molar-refractivity contribution in [3.63, 3.8) is 0 Å². The van der Waals surface area contributed by atoms with Crippen molar-refractivity contribution >= 4 is 18.4 Å². The van der Waals surface area contributed by atoms with Crippen LogP contribution in [0.25, 0.3) is 0 Å². The van der Waals surface area contributed by atoms with Gasteiger partial charge in [-0.1, -0.05) is 106 Å². The number of carbonyl (C=O) groups is 1. The number of hydrogen-bond acceptors (Lipinski definition) is 4. The molecule has 2 aliphatic carbocycles. The lowest BCUT2D eigenvalue weighted by Gasteiger charge is -2.48. The van der Waals surface area contributed by atoms with E-state index < -0.39 is 0 Å². The van der Waals surface area contributed by atoms with Crippen LogP contribution in [0.2, 0.25) is 0 Å². The van der Waals surface area contributed by atoms with E-state index in [0.717, 1.165) is 19.4 Å². The molecule has 5 rings (SSSR count). The van der Waals surface area contributed by atoms with Crippen molar-refractivity contribution in [1.82, 2.24) is 10.2 Å². The van der Waals surface area contributed by atoms with Crippen LogP contribution in [0.4, 0.5) is 0 Å². The van der Waals surface area contributed by atoms with Gasteiger partial charge in [0, 0.05) is 17.5 Å². The highest BCUT2D eigenvalue weighted by Crippen LogP contribution is 2.43. The van der Waals surface area contributed by atoms with Crippen LogP contribution in [0, 0.1) is 0 Å². The van der Waals surface area contributed by atoms with Crippen molar-refractivity contribution in [1.29, 1.82) is 0 Å². The van der Waals surface area contributed by atoms with Gasteiger partial charge in [0.15, 0.2) is 0 Å². The largest absolute Gasteiger partial charge is 0.469 e. The van der Waals surface area contributed by atoms with Gasteiger partial charge in [0.1, 0.15) is 0 Å². The molecule has 0 atom stereocenters. The molecule has 0 bridgehead atoms. The third-order valence-electron chi connectivity index (χ3n) is 9.49. The number of hydrogen-bond donors (Lipinski definition) is 1. The molecule has 0 unspecified atom stereocenters. The number of ether oxygens (including phenoxy) is 1. The van der Waals surface area contributed by atoms with Gasteiger partial charge in [-0.2, -0.15) is 0 Å². The zero-order valence-electron chi connectivity index (χ0n) is 24.9. The third-order valence-corrected chi connectivity index (χ3v) is 9.49. The van der Waals surface area contributed by atoms with E-state index in [-0.39, 0.29) is 23.9 Å². The number of methoxy groups -OCH3 is 1. The molecule has 3 fully saturated rings. The first-order valence-electron chi connectivity index (χ1n) is 15.9. The van der Waals surface area contributed by atoms with Crippen molar-refractivity contribution < 1.29 is 9.53 Å². The average molecular weight is 569 g/mol. The van der Waals surface area contributed by atoms with E-state index in [2.05, 4.69) is 75.6 Å². The van der Waals surface area contributed by atoms with Gasteiger partial charge in [0.2, 0.25) is 0 Å². The Balaban J connectivity index is 0.000000217. The summed E-state index contributed by atoms with van der Waals surface area (Å²) in [4.78, 5) is 13.9. The molecule has 4 nitrogen and oxygen atoms in total. The number of halogens is 1. The second-order valence-corrected chi connectivity index (χ2v) is 12.0. The number of nitrogens with zero attached hydrogens (tertiary/aromatic N) is 1. The molecular formula is C35H53ClN2O2. The van der Waals surface area contributed by atoms with Crippen LogP contribution in [0.15, 0.2) is 60.7 Å². The lowest BCUT2D eigenvalue weighted by atomic mass is 9.74. The molecule has 0 aromatic heterocycles. The number of carbonyl (C=O) groups excluding carboxylic acids is 1. The van der Waals surface area contributed by atoms with E-state index in [1.54, 1.807) is 5.56 Å². The Hall–Kier alpha value is -1.88. The fourth-order valence-electron chi connectivity index (χ4n) is 7.30. The molecule has 1 N–H and O–H groups in total. The van der Waals surface area contributed by atoms with Crippen LogP contribution in [-0.4, -0.2) is 37.6 Å². The Morgan fingerprint density at radius 1 is 0.725 bits per heavy atom. The smallest absolute Gasteiger partial charge is 0.305 e. The normalized spacial score (nSPS) is 20.3. The Morgan fingerprint density at radius 2 is 1.25 bits per heavy atom. The predicted octanol–water partition coefficient (Wildman–Crippen LogP) is 8.53. The monoisotopic (exact) mass is 568 g/mol. The van der Waals surface area contributed by atoms with Crippen LogP contribution in [-0.2, 0) is 20.6 Å². The molecule has 1 aliphatic heterocycles. The summed E-state index contributed by atoms with van der Waals surface area (Å²) in [5.74, 6) is -0.106. The molecule has 222 valence electrons. The number of piperidine rings is 1. The molecule has 2 aromatic rings. The van der Waals surface area contributed by atoms with Crippen LogP contribution >= 0.6 is 12.4 Å². The van der Waals surface area contributed by atoms with E-state index >= 15 is 0 Å². The first-order chi connectivity index (χ1) is 19.2. The van der Waals surface area contributed by atoms with Gasteiger partial charge in [0.25, 0.3) is 0 Å². The molecule has 2 aromatic carbocycles. The minimum Gasteiger partial charge on any atom is -0.469 e. The maximum absolute atomic E-state index is 11.1. The third kappa shape index (κ3) is 8.81. The summed E-state index contributed by atoms with van der Waals surface area (Å²) in [7, 11) is 1.45. The summed E-state index contributed by atoms with van der Waals surface area (Å²) in [5.41, 5.74) is 3.51. The van der Waals surface area contributed by atoms with E-state index in [0.29, 0.717) is 12.0 Å².